The molecule has 0 saturated heterocycles. The van der Waals surface area contributed by atoms with Crippen LogP contribution in [0, 0.1) is 0 Å². The van der Waals surface area contributed by atoms with E-state index in [1.165, 1.54) is 0 Å². The third kappa shape index (κ3) is 2.89. The van der Waals surface area contributed by atoms with E-state index in [0.29, 0.717) is 35.9 Å². The lowest BCUT2D eigenvalue weighted by molar-refractivity contribution is 0.127. The maximum Gasteiger partial charge on any atom is 0.255 e. The summed E-state index contributed by atoms with van der Waals surface area (Å²) in [6.07, 6.45) is -0.477. The van der Waals surface area contributed by atoms with Gasteiger partial charge in [0.25, 0.3) is 5.89 Å². The van der Waals surface area contributed by atoms with Gasteiger partial charge in [0, 0.05) is 5.56 Å². The Balaban J connectivity index is 2.28. The van der Waals surface area contributed by atoms with Gasteiger partial charge in [-0.1, -0.05) is 5.16 Å². The summed E-state index contributed by atoms with van der Waals surface area (Å²) in [5.74, 6) is 1.71. The molecule has 0 fully saturated rings. The second-order valence-electron chi connectivity index (χ2n) is 4.12. The van der Waals surface area contributed by atoms with E-state index in [1.807, 2.05) is 0 Å². The molecule has 1 atom stereocenters. The number of rotatable bonds is 6. The first-order chi connectivity index (χ1) is 9.69. The van der Waals surface area contributed by atoms with Gasteiger partial charge < -0.3 is 24.8 Å². The molecular formula is C13H17N3O4. The fourth-order valence-electron chi connectivity index (χ4n) is 1.74. The monoisotopic (exact) mass is 279 g/mol. The van der Waals surface area contributed by atoms with Crippen LogP contribution < -0.4 is 15.2 Å². The predicted octanol–water partition coefficient (Wildman–Crippen LogP) is 1.14. The molecule has 0 radical (unpaired) electrons. The minimum atomic E-state index is -0.846. The van der Waals surface area contributed by atoms with Crippen molar-refractivity contribution >= 4 is 0 Å². The molecular weight excluding hydrogens is 262 g/mol. The van der Waals surface area contributed by atoms with Gasteiger partial charge in [-0.25, -0.2) is 0 Å². The quantitative estimate of drug-likeness (QED) is 0.817. The molecule has 7 heteroatoms. The van der Waals surface area contributed by atoms with Gasteiger partial charge in [0.1, 0.15) is 6.10 Å². The van der Waals surface area contributed by atoms with Crippen molar-refractivity contribution in [2.24, 2.45) is 5.73 Å². The maximum absolute atomic E-state index is 9.74. The largest absolute Gasteiger partial charge is 0.493 e. The molecule has 2 aromatic rings. The maximum atomic E-state index is 9.74. The highest BCUT2D eigenvalue weighted by Gasteiger charge is 2.17. The van der Waals surface area contributed by atoms with Crippen molar-refractivity contribution in [3.05, 3.63) is 24.1 Å². The van der Waals surface area contributed by atoms with Crippen LogP contribution in [0.5, 0.6) is 11.5 Å². The van der Waals surface area contributed by atoms with Crippen molar-refractivity contribution in [2.45, 2.75) is 12.5 Å². The van der Waals surface area contributed by atoms with E-state index in [1.54, 1.807) is 32.4 Å². The van der Waals surface area contributed by atoms with Gasteiger partial charge >= 0.3 is 0 Å². The van der Waals surface area contributed by atoms with Crippen molar-refractivity contribution in [3.8, 4) is 22.9 Å². The summed E-state index contributed by atoms with van der Waals surface area (Å²) >= 11 is 0. The van der Waals surface area contributed by atoms with E-state index in [-0.39, 0.29) is 5.89 Å². The summed E-state index contributed by atoms with van der Waals surface area (Å²) in [7, 11) is 3.11. The smallest absolute Gasteiger partial charge is 0.255 e. The van der Waals surface area contributed by atoms with Gasteiger partial charge in [-0.2, -0.15) is 4.98 Å². The van der Waals surface area contributed by atoms with Crippen molar-refractivity contribution in [1.29, 1.82) is 0 Å². The molecule has 0 spiro atoms. The zero-order valence-corrected chi connectivity index (χ0v) is 11.4. The molecule has 0 amide bonds. The Bertz CT molecular complexity index is 570. The standard InChI is InChI=1S/C13H17N3O4/c1-18-10-4-3-8(7-11(10)19-2)12-15-13(20-16-12)9(17)5-6-14/h3-4,7,9,17H,5-6,14H2,1-2H3. The molecule has 108 valence electrons. The number of nitrogens with two attached hydrogens (primary N) is 1. The molecule has 1 aromatic heterocycles. The first-order valence-corrected chi connectivity index (χ1v) is 6.13. The highest BCUT2D eigenvalue weighted by Crippen LogP contribution is 2.31. The number of ether oxygens (including phenoxy) is 2. The van der Waals surface area contributed by atoms with Crippen molar-refractivity contribution in [2.75, 3.05) is 20.8 Å². The van der Waals surface area contributed by atoms with Crippen LogP contribution >= 0.6 is 0 Å². The Labute approximate surface area is 116 Å². The highest BCUT2D eigenvalue weighted by molar-refractivity contribution is 5.60. The molecule has 20 heavy (non-hydrogen) atoms. The Morgan fingerprint density at radius 2 is 2.05 bits per heavy atom. The highest BCUT2D eigenvalue weighted by atomic mass is 16.5. The van der Waals surface area contributed by atoms with Gasteiger partial charge in [-0.05, 0) is 31.2 Å². The average molecular weight is 279 g/mol. The number of aliphatic hydroxyl groups excluding tert-OH is 1. The summed E-state index contributed by atoms with van der Waals surface area (Å²) < 4.78 is 15.4. The summed E-state index contributed by atoms with van der Waals surface area (Å²) in [5.41, 5.74) is 6.08. The van der Waals surface area contributed by atoms with Gasteiger partial charge in [0.15, 0.2) is 11.5 Å². The fourth-order valence-corrected chi connectivity index (χ4v) is 1.74. The summed E-state index contributed by atoms with van der Waals surface area (Å²) in [5, 5.41) is 13.6. The minimum absolute atomic E-state index is 0.153. The van der Waals surface area contributed by atoms with Crippen LogP contribution in [0.4, 0.5) is 0 Å². The molecule has 1 aromatic carbocycles. The fraction of sp³-hybridized carbons (Fsp3) is 0.385. The van der Waals surface area contributed by atoms with Crippen LogP contribution in [0.25, 0.3) is 11.4 Å². The molecule has 7 nitrogen and oxygen atoms in total. The van der Waals surface area contributed by atoms with Crippen LogP contribution in [0.3, 0.4) is 0 Å². The first kappa shape index (κ1) is 14.3. The van der Waals surface area contributed by atoms with Crippen molar-refractivity contribution in [3.63, 3.8) is 0 Å². The van der Waals surface area contributed by atoms with E-state index in [9.17, 15) is 5.11 Å². The lowest BCUT2D eigenvalue weighted by Gasteiger charge is -2.07. The third-order valence-corrected chi connectivity index (χ3v) is 2.81. The van der Waals surface area contributed by atoms with E-state index >= 15 is 0 Å². The first-order valence-electron chi connectivity index (χ1n) is 6.13. The Kier molecular flexibility index (Phi) is 4.54. The molecule has 1 unspecified atom stereocenters. The van der Waals surface area contributed by atoms with Crippen LogP contribution in [-0.2, 0) is 0 Å². The number of hydrogen-bond acceptors (Lipinski definition) is 7. The molecule has 0 saturated carbocycles. The molecule has 0 bridgehead atoms. The van der Waals surface area contributed by atoms with E-state index in [4.69, 9.17) is 19.7 Å². The van der Waals surface area contributed by atoms with Crippen molar-refractivity contribution in [1.82, 2.24) is 10.1 Å². The molecule has 0 aliphatic carbocycles. The van der Waals surface area contributed by atoms with Crippen LogP contribution in [0.15, 0.2) is 22.7 Å². The molecule has 2 rings (SSSR count). The number of aromatic nitrogens is 2. The number of methoxy groups -OCH3 is 2. The molecule has 1 heterocycles. The topological polar surface area (TPSA) is 104 Å². The van der Waals surface area contributed by atoms with Gasteiger partial charge in [-0.3, -0.25) is 0 Å². The van der Waals surface area contributed by atoms with Gasteiger partial charge in [0.05, 0.1) is 14.2 Å². The number of hydrogen-bond donors (Lipinski definition) is 2. The molecule has 0 aliphatic rings. The van der Waals surface area contributed by atoms with Crippen LogP contribution in [-0.4, -0.2) is 36.0 Å². The predicted molar refractivity (Wildman–Crippen MR) is 71.5 cm³/mol. The number of aliphatic hydroxyl groups is 1. The van der Waals surface area contributed by atoms with Crippen LogP contribution in [0.2, 0.25) is 0 Å². The molecule has 0 aliphatic heterocycles. The Morgan fingerprint density at radius 3 is 2.70 bits per heavy atom. The number of nitrogens with zero attached hydrogens (tertiary/aromatic N) is 2. The van der Waals surface area contributed by atoms with Crippen molar-refractivity contribution < 1.29 is 19.1 Å². The minimum Gasteiger partial charge on any atom is -0.493 e. The third-order valence-electron chi connectivity index (χ3n) is 2.81. The second kappa shape index (κ2) is 6.36. The average Bonchev–Trinajstić information content (AvgIpc) is 2.96. The lowest BCUT2D eigenvalue weighted by Crippen LogP contribution is -2.06. The van der Waals surface area contributed by atoms with Gasteiger partial charge in [0.2, 0.25) is 5.82 Å². The summed E-state index contributed by atoms with van der Waals surface area (Å²) in [6, 6.07) is 5.27. The summed E-state index contributed by atoms with van der Waals surface area (Å²) in [6.45, 7) is 0.342. The van der Waals surface area contributed by atoms with E-state index < -0.39 is 6.10 Å². The second-order valence-corrected chi connectivity index (χ2v) is 4.12. The summed E-state index contributed by atoms with van der Waals surface area (Å²) in [4.78, 5) is 4.15. The van der Waals surface area contributed by atoms with E-state index in [0.717, 1.165) is 0 Å². The molecule has 3 N–H and O–H groups in total. The Hall–Kier alpha value is -2.12. The van der Waals surface area contributed by atoms with Crippen LogP contribution in [0.1, 0.15) is 18.4 Å². The van der Waals surface area contributed by atoms with Gasteiger partial charge in [-0.15, -0.1) is 0 Å². The normalized spacial score (nSPS) is 12.2. The zero-order chi connectivity index (χ0) is 14.5. The Morgan fingerprint density at radius 1 is 1.30 bits per heavy atom. The van der Waals surface area contributed by atoms with E-state index in [2.05, 4.69) is 10.1 Å². The zero-order valence-electron chi connectivity index (χ0n) is 11.4. The SMILES string of the molecule is COc1ccc(-c2noc(C(O)CCN)n2)cc1OC. The lowest BCUT2D eigenvalue weighted by atomic mass is 10.2. The number of benzene rings is 1.